The third kappa shape index (κ3) is 3.17. The van der Waals surface area contributed by atoms with E-state index >= 15 is 0 Å². The second-order valence-corrected chi connectivity index (χ2v) is 4.70. The first-order chi connectivity index (χ1) is 7.75. The largest absolute Gasteiger partial charge is 0.315 e. The van der Waals surface area contributed by atoms with Crippen molar-refractivity contribution in [2.45, 2.75) is 19.9 Å². The summed E-state index contributed by atoms with van der Waals surface area (Å²) in [5.41, 5.74) is 2.11. The molecule has 0 aromatic carbocycles. The molecular formula is C12H18ClN3. The van der Waals surface area contributed by atoms with Crippen molar-refractivity contribution in [3.63, 3.8) is 0 Å². The molecule has 0 unspecified atom stereocenters. The summed E-state index contributed by atoms with van der Waals surface area (Å²) in [4.78, 5) is 6.74. The molecule has 0 saturated carbocycles. The summed E-state index contributed by atoms with van der Waals surface area (Å²) in [5, 5.41) is 4.17. The van der Waals surface area contributed by atoms with E-state index in [0.717, 1.165) is 43.4 Å². The predicted octanol–water partition coefficient (Wildman–Crippen LogP) is 1.84. The maximum atomic E-state index is 6.07. The summed E-state index contributed by atoms with van der Waals surface area (Å²) in [5.74, 6) is 0. The van der Waals surface area contributed by atoms with E-state index in [-0.39, 0.29) is 0 Å². The number of aryl methyl sites for hydroxylation is 1. The van der Waals surface area contributed by atoms with Crippen LogP contribution in [0.15, 0.2) is 12.3 Å². The number of hydrogen-bond donors (Lipinski definition) is 1. The van der Waals surface area contributed by atoms with Gasteiger partial charge in [-0.05, 0) is 38.1 Å². The first-order valence-electron chi connectivity index (χ1n) is 5.80. The molecule has 1 saturated heterocycles. The van der Waals surface area contributed by atoms with Crippen molar-refractivity contribution < 1.29 is 0 Å². The summed E-state index contributed by atoms with van der Waals surface area (Å²) in [7, 11) is 0. The molecule has 0 bridgehead atoms. The highest BCUT2D eigenvalue weighted by Gasteiger charge is 2.09. The lowest BCUT2D eigenvalue weighted by Crippen LogP contribution is -2.27. The van der Waals surface area contributed by atoms with Gasteiger partial charge in [-0.1, -0.05) is 11.6 Å². The predicted molar refractivity (Wildman–Crippen MR) is 66.7 cm³/mol. The average Bonchev–Trinajstić information content (AvgIpc) is 2.52. The first kappa shape index (κ1) is 11.8. The fraction of sp³-hybridized carbons (Fsp3) is 0.583. The van der Waals surface area contributed by atoms with E-state index in [1.165, 1.54) is 12.0 Å². The van der Waals surface area contributed by atoms with Crippen molar-refractivity contribution in [1.82, 2.24) is 15.2 Å². The zero-order valence-corrected chi connectivity index (χ0v) is 10.4. The number of rotatable bonds is 2. The van der Waals surface area contributed by atoms with Gasteiger partial charge in [-0.2, -0.15) is 0 Å². The van der Waals surface area contributed by atoms with Crippen LogP contribution in [0.25, 0.3) is 0 Å². The molecule has 0 radical (unpaired) electrons. The van der Waals surface area contributed by atoms with E-state index in [4.69, 9.17) is 11.6 Å². The Balaban J connectivity index is 1.99. The van der Waals surface area contributed by atoms with Crippen LogP contribution in [0.2, 0.25) is 5.02 Å². The molecule has 0 amide bonds. The van der Waals surface area contributed by atoms with Gasteiger partial charge in [-0.3, -0.25) is 9.88 Å². The number of halogens is 1. The quantitative estimate of drug-likeness (QED) is 0.854. The Hall–Kier alpha value is -0.640. The number of nitrogens with one attached hydrogen (secondary N) is 1. The lowest BCUT2D eigenvalue weighted by molar-refractivity contribution is 0.284. The van der Waals surface area contributed by atoms with Crippen LogP contribution < -0.4 is 5.32 Å². The van der Waals surface area contributed by atoms with Crippen molar-refractivity contribution in [3.05, 3.63) is 28.5 Å². The van der Waals surface area contributed by atoms with Crippen LogP contribution in [-0.2, 0) is 6.54 Å². The molecule has 0 spiro atoms. The number of nitrogens with zero attached hydrogens (tertiary/aromatic N) is 2. The molecule has 2 heterocycles. The molecule has 1 aromatic rings. The molecule has 16 heavy (non-hydrogen) atoms. The SMILES string of the molecule is Cc1ncc(CN2CCCNCC2)cc1Cl. The summed E-state index contributed by atoms with van der Waals surface area (Å²) >= 11 is 6.07. The van der Waals surface area contributed by atoms with Gasteiger partial charge in [0.25, 0.3) is 0 Å². The van der Waals surface area contributed by atoms with Crippen LogP contribution in [0.5, 0.6) is 0 Å². The van der Waals surface area contributed by atoms with Crippen LogP contribution in [0.4, 0.5) is 0 Å². The van der Waals surface area contributed by atoms with E-state index in [9.17, 15) is 0 Å². The van der Waals surface area contributed by atoms with Crippen molar-refractivity contribution in [3.8, 4) is 0 Å². The summed E-state index contributed by atoms with van der Waals surface area (Å²) in [6.45, 7) is 7.34. The minimum Gasteiger partial charge on any atom is -0.315 e. The molecule has 0 aliphatic carbocycles. The van der Waals surface area contributed by atoms with E-state index in [1.807, 2.05) is 19.2 Å². The maximum absolute atomic E-state index is 6.07. The molecule has 1 aliphatic rings. The Kier molecular flexibility index (Phi) is 4.16. The second kappa shape index (κ2) is 5.62. The molecule has 3 nitrogen and oxygen atoms in total. The lowest BCUT2D eigenvalue weighted by atomic mass is 10.2. The molecule has 88 valence electrons. The van der Waals surface area contributed by atoms with E-state index in [2.05, 4.69) is 15.2 Å². The number of hydrogen-bond acceptors (Lipinski definition) is 3. The number of aromatic nitrogens is 1. The summed E-state index contributed by atoms with van der Waals surface area (Å²) < 4.78 is 0. The van der Waals surface area contributed by atoms with Gasteiger partial charge in [0.1, 0.15) is 0 Å². The molecule has 2 rings (SSSR count). The Morgan fingerprint density at radius 2 is 2.31 bits per heavy atom. The van der Waals surface area contributed by atoms with Crippen LogP contribution in [0.3, 0.4) is 0 Å². The van der Waals surface area contributed by atoms with E-state index in [1.54, 1.807) is 0 Å². The zero-order valence-electron chi connectivity index (χ0n) is 9.67. The summed E-state index contributed by atoms with van der Waals surface area (Å²) in [6.07, 6.45) is 3.15. The van der Waals surface area contributed by atoms with Gasteiger partial charge < -0.3 is 5.32 Å². The Morgan fingerprint density at radius 3 is 3.12 bits per heavy atom. The molecule has 1 aliphatic heterocycles. The minimum atomic E-state index is 0.769. The fourth-order valence-electron chi connectivity index (χ4n) is 1.95. The Morgan fingerprint density at radius 1 is 1.44 bits per heavy atom. The number of pyridine rings is 1. The van der Waals surface area contributed by atoms with Crippen LogP contribution >= 0.6 is 11.6 Å². The normalized spacial score (nSPS) is 18.4. The molecular weight excluding hydrogens is 222 g/mol. The maximum Gasteiger partial charge on any atom is 0.0621 e. The van der Waals surface area contributed by atoms with Gasteiger partial charge in [0.2, 0.25) is 0 Å². The molecule has 4 heteroatoms. The third-order valence-corrected chi connectivity index (χ3v) is 3.30. The van der Waals surface area contributed by atoms with Crippen molar-refractivity contribution in [1.29, 1.82) is 0 Å². The first-order valence-corrected chi connectivity index (χ1v) is 6.17. The second-order valence-electron chi connectivity index (χ2n) is 4.29. The van der Waals surface area contributed by atoms with Crippen molar-refractivity contribution >= 4 is 11.6 Å². The standard InChI is InChI=1S/C12H18ClN3/c1-10-12(13)7-11(8-15-10)9-16-5-2-3-14-4-6-16/h7-8,14H,2-6,9H2,1H3. The minimum absolute atomic E-state index is 0.769. The zero-order chi connectivity index (χ0) is 11.4. The van der Waals surface area contributed by atoms with Gasteiger partial charge in [0.05, 0.1) is 10.7 Å². The summed E-state index contributed by atoms with van der Waals surface area (Å²) in [6, 6.07) is 2.03. The van der Waals surface area contributed by atoms with Crippen LogP contribution in [0.1, 0.15) is 17.7 Å². The van der Waals surface area contributed by atoms with Crippen LogP contribution in [0, 0.1) is 6.92 Å². The lowest BCUT2D eigenvalue weighted by Gasteiger charge is -2.19. The van der Waals surface area contributed by atoms with Gasteiger partial charge >= 0.3 is 0 Å². The third-order valence-electron chi connectivity index (χ3n) is 2.92. The van der Waals surface area contributed by atoms with Gasteiger partial charge in [0.15, 0.2) is 0 Å². The highest BCUT2D eigenvalue weighted by Crippen LogP contribution is 2.15. The van der Waals surface area contributed by atoms with Gasteiger partial charge in [0, 0.05) is 25.8 Å². The highest BCUT2D eigenvalue weighted by atomic mass is 35.5. The highest BCUT2D eigenvalue weighted by molar-refractivity contribution is 6.31. The van der Waals surface area contributed by atoms with E-state index < -0.39 is 0 Å². The molecule has 0 atom stereocenters. The monoisotopic (exact) mass is 239 g/mol. The van der Waals surface area contributed by atoms with Crippen molar-refractivity contribution in [2.75, 3.05) is 26.2 Å². The smallest absolute Gasteiger partial charge is 0.0621 e. The molecule has 1 fully saturated rings. The van der Waals surface area contributed by atoms with Crippen molar-refractivity contribution in [2.24, 2.45) is 0 Å². The molecule has 1 aromatic heterocycles. The van der Waals surface area contributed by atoms with Gasteiger partial charge in [-0.25, -0.2) is 0 Å². The Labute approximate surface area is 102 Å². The van der Waals surface area contributed by atoms with Crippen LogP contribution in [-0.4, -0.2) is 36.1 Å². The average molecular weight is 240 g/mol. The topological polar surface area (TPSA) is 28.2 Å². The van der Waals surface area contributed by atoms with E-state index in [0.29, 0.717) is 0 Å². The molecule has 1 N–H and O–H groups in total. The Bertz CT molecular complexity index is 346. The fourth-order valence-corrected chi connectivity index (χ4v) is 2.14. The van der Waals surface area contributed by atoms with Gasteiger partial charge in [-0.15, -0.1) is 0 Å².